The Kier molecular flexibility index (Phi) is 4.57. The number of aromatic nitrogens is 1. The Labute approximate surface area is 112 Å². The van der Waals surface area contributed by atoms with Crippen molar-refractivity contribution in [1.29, 1.82) is 0 Å². The van der Waals surface area contributed by atoms with Gasteiger partial charge in [-0.2, -0.15) is 0 Å². The quantitative estimate of drug-likeness (QED) is 0.813. The third-order valence-corrected chi connectivity index (χ3v) is 3.24. The molecular formula is C13H20N4O2. The SMILES string of the molecule is NC(=O)c1ccc(N)c(OCCN2CCCCC2)n1. The van der Waals surface area contributed by atoms with E-state index in [2.05, 4.69) is 9.88 Å². The standard InChI is InChI=1S/C13H20N4O2/c14-10-4-5-11(12(15)18)16-13(10)19-9-8-17-6-2-1-3-7-17/h4-5H,1-3,6-9,14H2,(H2,15,18). The van der Waals surface area contributed by atoms with Gasteiger partial charge in [-0.15, -0.1) is 0 Å². The van der Waals surface area contributed by atoms with Crippen molar-refractivity contribution < 1.29 is 9.53 Å². The Bertz CT molecular complexity index is 444. The van der Waals surface area contributed by atoms with Crippen LogP contribution in [0.5, 0.6) is 5.88 Å². The number of primary amides is 1. The van der Waals surface area contributed by atoms with Crippen molar-refractivity contribution in [2.75, 3.05) is 32.0 Å². The van der Waals surface area contributed by atoms with Gasteiger partial charge in [-0.1, -0.05) is 6.42 Å². The van der Waals surface area contributed by atoms with Gasteiger partial charge in [0.15, 0.2) is 0 Å². The van der Waals surface area contributed by atoms with Crippen molar-refractivity contribution in [2.24, 2.45) is 5.73 Å². The number of ether oxygens (including phenoxy) is 1. The second-order valence-electron chi connectivity index (χ2n) is 4.71. The number of rotatable bonds is 5. The minimum atomic E-state index is -0.583. The smallest absolute Gasteiger partial charge is 0.267 e. The van der Waals surface area contributed by atoms with Crippen molar-refractivity contribution in [3.63, 3.8) is 0 Å². The molecule has 4 N–H and O–H groups in total. The van der Waals surface area contributed by atoms with Gasteiger partial charge in [0.25, 0.3) is 5.91 Å². The zero-order valence-electron chi connectivity index (χ0n) is 11.0. The number of carbonyl (C=O) groups is 1. The van der Waals surface area contributed by atoms with Gasteiger partial charge >= 0.3 is 0 Å². The fourth-order valence-electron chi connectivity index (χ4n) is 2.16. The molecule has 0 aliphatic carbocycles. The number of nitrogens with zero attached hydrogens (tertiary/aromatic N) is 2. The lowest BCUT2D eigenvalue weighted by Crippen LogP contribution is -2.33. The van der Waals surface area contributed by atoms with Gasteiger partial charge in [-0.25, -0.2) is 4.98 Å². The van der Waals surface area contributed by atoms with E-state index in [1.807, 2.05) is 0 Å². The van der Waals surface area contributed by atoms with Crippen LogP contribution in [0.2, 0.25) is 0 Å². The molecule has 0 atom stereocenters. The maximum atomic E-state index is 11.0. The number of nitrogens with two attached hydrogens (primary N) is 2. The zero-order valence-corrected chi connectivity index (χ0v) is 11.0. The molecule has 0 aromatic carbocycles. The second kappa shape index (κ2) is 6.38. The maximum absolute atomic E-state index is 11.0. The molecule has 1 aliphatic rings. The molecular weight excluding hydrogens is 244 g/mol. The minimum absolute atomic E-state index is 0.169. The number of hydrogen-bond acceptors (Lipinski definition) is 5. The van der Waals surface area contributed by atoms with Crippen LogP contribution in [-0.4, -0.2) is 42.0 Å². The summed E-state index contributed by atoms with van der Waals surface area (Å²) in [5.74, 6) is -0.297. The van der Waals surface area contributed by atoms with Crippen LogP contribution in [0.3, 0.4) is 0 Å². The summed E-state index contributed by atoms with van der Waals surface area (Å²) in [5, 5.41) is 0. The number of piperidine rings is 1. The van der Waals surface area contributed by atoms with Crippen LogP contribution in [-0.2, 0) is 0 Å². The first-order valence-electron chi connectivity index (χ1n) is 6.58. The van der Waals surface area contributed by atoms with Crippen molar-refractivity contribution in [2.45, 2.75) is 19.3 Å². The van der Waals surface area contributed by atoms with E-state index < -0.39 is 5.91 Å². The van der Waals surface area contributed by atoms with Gasteiger partial charge in [0.2, 0.25) is 5.88 Å². The highest BCUT2D eigenvalue weighted by atomic mass is 16.5. The molecule has 6 heteroatoms. The number of nitrogen functional groups attached to an aromatic ring is 1. The maximum Gasteiger partial charge on any atom is 0.267 e. The van der Waals surface area contributed by atoms with E-state index in [1.165, 1.54) is 25.3 Å². The zero-order chi connectivity index (χ0) is 13.7. The lowest BCUT2D eigenvalue weighted by atomic mass is 10.1. The molecule has 104 valence electrons. The number of anilines is 1. The molecule has 1 aromatic heterocycles. The van der Waals surface area contributed by atoms with Gasteiger partial charge in [0, 0.05) is 6.54 Å². The third-order valence-electron chi connectivity index (χ3n) is 3.24. The molecule has 1 aromatic rings. The van der Waals surface area contributed by atoms with Crippen molar-refractivity contribution in [3.05, 3.63) is 17.8 Å². The Balaban J connectivity index is 1.87. The molecule has 2 rings (SSSR count). The average molecular weight is 264 g/mol. The van der Waals surface area contributed by atoms with E-state index in [1.54, 1.807) is 6.07 Å². The summed E-state index contributed by atoms with van der Waals surface area (Å²) >= 11 is 0. The lowest BCUT2D eigenvalue weighted by molar-refractivity contribution is 0.0994. The van der Waals surface area contributed by atoms with E-state index >= 15 is 0 Å². The lowest BCUT2D eigenvalue weighted by Gasteiger charge is -2.26. The highest BCUT2D eigenvalue weighted by Crippen LogP contribution is 2.18. The van der Waals surface area contributed by atoms with Crippen LogP contribution in [0.4, 0.5) is 5.69 Å². The molecule has 1 fully saturated rings. The highest BCUT2D eigenvalue weighted by molar-refractivity contribution is 5.91. The molecule has 0 saturated carbocycles. The van der Waals surface area contributed by atoms with E-state index in [-0.39, 0.29) is 11.6 Å². The average Bonchev–Trinajstić information content (AvgIpc) is 2.42. The van der Waals surface area contributed by atoms with E-state index in [4.69, 9.17) is 16.2 Å². The molecule has 0 unspecified atom stereocenters. The van der Waals surface area contributed by atoms with Crippen molar-refractivity contribution in [1.82, 2.24) is 9.88 Å². The van der Waals surface area contributed by atoms with Gasteiger partial charge < -0.3 is 16.2 Å². The first kappa shape index (κ1) is 13.6. The summed E-state index contributed by atoms with van der Waals surface area (Å²) in [6.45, 7) is 3.60. The van der Waals surface area contributed by atoms with Crippen molar-refractivity contribution in [3.8, 4) is 5.88 Å². The third kappa shape index (κ3) is 3.82. The molecule has 1 aliphatic heterocycles. The van der Waals surface area contributed by atoms with Crippen LogP contribution in [0, 0.1) is 0 Å². The number of carbonyl (C=O) groups excluding carboxylic acids is 1. The Hall–Kier alpha value is -1.82. The summed E-state index contributed by atoms with van der Waals surface area (Å²) in [4.78, 5) is 17.4. The topological polar surface area (TPSA) is 94.5 Å². The van der Waals surface area contributed by atoms with E-state index in [9.17, 15) is 4.79 Å². The molecule has 1 saturated heterocycles. The Morgan fingerprint density at radius 3 is 2.74 bits per heavy atom. The van der Waals surface area contributed by atoms with Crippen LogP contribution >= 0.6 is 0 Å². The molecule has 19 heavy (non-hydrogen) atoms. The summed E-state index contributed by atoms with van der Waals surface area (Å²) < 4.78 is 5.54. The van der Waals surface area contributed by atoms with Gasteiger partial charge in [0.05, 0.1) is 5.69 Å². The molecule has 0 bridgehead atoms. The number of hydrogen-bond donors (Lipinski definition) is 2. The molecule has 2 heterocycles. The summed E-state index contributed by atoms with van der Waals surface area (Å²) in [6.07, 6.45) is 3.81. The monoisotopic (exact) mass is 264 g/mol. The van der Waals surface area contributed by atoms with Gasteiger partial charge in [0.1, 0.15) is 12.3 Å². The van der Waals surface area contributed by atoms with Gasteiger partial charge in [-0.3, -0.25) is 9.69 Å². The first-order chi connectivity index (χ1) is 9.16. The fraction of sp³-hybridized carbons (Fsp3) is 0.538. The largest absolute Gasteiger partial charge is 0.475 e. The van der Waals surface area contributed by atoms with Crippen LogP contribution in [0.25, 0.3) is 0 Å². The molecule has 0 spiro atoms. The van der Waals surface area contributed by atoms with Crippen LogP contribution in [0.15, 0.2) is 12.1 Å². The predicted molar refractivity (Wildman–Crippen MR) is 73.0 cm³/mol. The molecule has 6 nitrogen and oxygen atoms in total. The summed E-state index contributed by atoms with van der Waals surface area (Å²) in [6, 6.07) is 3.08. The fourth-order valence-corrected chi connectivity index (χ4v) is 2.16. The number of likely N-dealkylation sites (tertiary alicyclic amines) is 1. The first-order valence-corrected chi connectivity index (χ1v) is 6.58. The molecule has 0 radical (unpaired) electrons. The Morgan fingerprint density at radius 1 is 1.32 bits per heavy atom. The van der Waals surface area contributed by atoms with E-state index in [0.717, 1.165) is 19.6 Å². The second-order valence-corrected chi connectivity index (χ2v) is 4.71. The molecule has 1 amide bonds. The van der Waals surface area contributed by atoms with Crippen LogP contribution in [0.1, 0.15) is 29.8 Å². The van der Waals surface area contributed by atoms with Crippen LogP contribution < -0.4 is 16.2 Å². The van der Waals surface area contributed by atoms with Crippen molar-refractivity contribution >= 4 is 11.6 Å². The number of amides is 1. The number of pyridine rings is 1. The minimum Gasteiger partial charge on any atom is -0.475 e. The summed E-state index contributed by atoms with van der Waals surface area (Å²) in [5.41, 5.74) is 11.5. The Morgan fingerprint density at radius 2 is 2.05 bits per heavy atom. The summed E-state index contributed by atoms with van der Waals surface area (Å²) in [7, 11) is 0. The predicted octanol–water partition coefficient (Wildman–Crippen LogP) is 0.627. The van der Waals surface area contributed by atoms with Gasteiger partial charge in [-0.05, 0) is 38.1 Å². The van der Waals surface area contributed by atoms with E-state index in [0.29, 0.717) is 12.3 Å². The highest BCUT2D eigenvalue weighted by Gasteiger charge is 2.11. The normalized spacial score (nSPS) is 16.2.